The quantitative estimate of drug-likeness (QED) is 0.710. The fourth-order valence-corrected chi connectivity index (χ4v) is 4.28. The molecule has 7 nitrogen and oxygen atoms in total. The normalized spacial score (nSPS) is 15.5. The molecule has 2 aromatic rings. The Morgan fingerprint density at radius 2 is 1.73 bits per heavy atom. The van der Waals surface area contributed by atoms with E-state index in [0.717, 1.165) is 22.4 Å². The average molecular weight is 428 g/mol. The molecular formula is C22H25N3O4S. The summed E-state index contributed by atoms with van der Waals surface area (Å²) in [4.78, 5) is 23.4. The summed E-state index contributed by atoms with van der Waals surface area (Å²) in [6, 6.07) is 13.6. The number of amides is 2. The van der Waals surface area contributed by atoms with Crippen molar-refractivity contribution in [3.63, 3.8) is 0 Å². The lowest BCUT2D eigenvalue weighted by Crippen LogP contribution is -2.25. The van der Waals surface area contributed by atoms with Gasteiger partial charge in [-0.2, -0.15) is 0 Å². The Labute approximate surface area is 180 Å². The van der Waals surface area contributed by atoms with Crippen LogP contribution in [0.1, 0.15) is 35.9 Å². The van der Waals surface area contributed by atoms with Gasteiger partial charge in [0.1, 0.15) is 30.1 Å². The van der Waals surface area contributed by atoms with Crippen molar-refractivity contribution in [3.8, 4) is 11.5 Å². The zero-order chi connectivity index (χ0) is 21.7. The molecule has 1 N–H and O–H groups in total. The number of hydrogen-bond donors (Lipinski definition) is 1. The second kappa shape index (κ2) is 9.67. The first kappa shape index (κ1) is 21.7. The van der Waals surface area contributed by atoms with Gasteiger partial charge in [0, 0.05) is 19.4 Å². The van der Waals surface area contributed by atoms with Gasteiger partial charge in [-0.3, -0.25) is 9.59 Å². The molecule has 0 fully saturated rings. The Balaban J connectivity index is 1.67. The highest BCUT2D eigenvalue weighted by Crippen LogP contribution is 2.42. The van der Waals surface area contributed by atoms with Crippen LogP contribution in [0.25, 0.3) is 0 Å². The number of aryl methyl sites for hydroxylation is 2. The molecule has 0 unspecified atom stereocenters. The van der Waals surface area contributed by atoms with Gasteiger partial charge < -0.3 is 14.8 Å². The average Bonchev–Trinajstić information content (AvgIpc) is 3.08. The Morgan fingerprint density at radius 3 is 2.40 bits per heavy atom. The molecule has 0 spiro atoms. The highest BCUT2D eigenvalue weighted by atomic mass is 32.2. The van der Waals surface area contributed by atoms with Gasteiger partial charge in [-0.25, -0.2) is 5.01 Å². The Morgan fingerprint density at radius 1 is 1.07 bits per heavy atom. The predicted molar refractivity (Wildman–Crippen MR) is 117 cm³/mol. The van der Waals surface area contributed by atoms with E-state index in [1.54, 1.807) is 0 Å². The fourth-order valence-electron chi connectivity index (χ4n) is 3.11. The van der Waals surface area contributed by atoms with Gasteiger partial charge in [0.25, 0.3) is 0 Å². The largest absolute Gasteiger partial charge is 0.490 e. The van der Waals surface area contributed by atoms with Crippen LogP contribution in [0.15, 0.2) is 47.6 Å². The summed E-state index contributed by atoms with van der Waals surface area (Å²) in [5.41, 5.74) is 3.09. The number of thioether (sulfide) groups is 1. The third kappa shape index (κ3) is 5.54. The van der Waals surface area contributed by atoms with Crippen LogP contribution in [0.4, 0.5) is 0 Å². The fraction of sp³-hybridized carbons (Fsp3) is 0.318. The van der Waals surface area contributed by atoms with E-state index in [-0.39, 0.29) is 11.8 Å². The van der Waals surface area contributed by atoms with Crippen LogP contribution in [0.5, 0.6) is 11.5 Å². The molecular weight excluding hydrogens is 402 g/mol. The van der Waals surface area contributed by atoms with Crippen LogP contribution in [-0.2, 0) is 9.59 Å². The zero-order valence-electron chi connectivity index (χ0n) is 17.5. The van der Waals surface area contributed by atoms with Gasteiger partial charge in [0.15, 0.2) is 5.17 Å². The van der Waals surface area contributed by atoms with Crippen LogP contribution in [0, 0.1) is 13.8 Å². The maximum Gasteiger partial charge on any atom is 0.241 e. The molecule has 1 atom stereocenters. The number of nitrogens with one attached hydrogen (secondary N) is 1. The topological polar surface area (TPSA) is 80.2 Å². The third-order valence-electron chi connectivity index (χ3n) is 4.24. The highest BCUT2D eigenvalue weighted by molar-refractivity contribution is 8.14. The third-order valence-corrected chi connectivity index (χ3v) is 5.32. The smallest absolute Gasteiger partial charge is 0.241 e. The molecule has 2 aromatic carbocycles. The molecule has 0 aliphatic carbocycles. The van der Waals surface area contributed by atoms with Crippen molar-refractivity contribution in [2.45, 2.75) is 33.1 Å². The Bertz CT molecular complexity index is 956. The first-order valence-corrected chi connectivity index (χ1v) is 10.5. The molecule has 2 amide bonds. The number of hydrazone groups is 1. The van der Waals surface area contributed by atoms with E-state index in [0.29, 0.717) is 24.1 Å². The summed E-state index contributed by atoms with van der Waals surface area (Å²) in [6.45, 7) is 7.64. The molecule has 30 heavy (non-hydrogen) atoms. The van der Waals surface area contributed by atoms with E-state index < -0.39 is 5.37 Å². The number of ether oxygens (including phenoxy) is 2. The predicted octanol–water partition coefficient (Wildman–Crippen LogP) is 3.76. The molecule has 0 saturated carbocycles. The minimum absolute atomic E-state index is 0.221. The van der Waals surface area contributed by atoms with Crippen LogP contribution in [0.2, 0.25) is 0 Å². The van der Waals surface area contributed by atoms with E-state index in [1.165, 1.54) is 30.6 Å². The second-order valence-corrected chi connectivity index (χ2v) is 8.05. The van der Waals surface area contributed by atoms with Crippen molar-refractivity contribution in [2.75, 3.05) is 13.2 Å². The van der Waals surface area contributed by atoms with Crippen molar-refractivity contribution in [2.24, 2.45) is 5.10 Å². The van der Waals surface area contributed by atoms with E-state index in [4.69, 9.17) is 9.47 Å². The number of carbonyl (C=O) groups excluding carboxylic acids is 2. The molecule has 158 valence electrons. The lowest BCUT2D eigenvalue weighted by atomic mass is 10.1. The summed E-state index contributed by atoms with van der Waals surface area (Å²) in [5.74, 6) is 0.996. The van der Waals surface area contributed by atoms with Crippen LogP contribution in [-0.4, -0.2) is 35.2 Å². The molecule has 8 heteroatoms. The highest BCUT2D eigenvalue weighted by Gasteiger charge is 2.34. The van der Waals surface area contributed by atoms with Gasteiger partial charge in [0.05, 0.1) is 0 Å². The molecule has 3 rings (SSSR count). The van der Waals surface area contributed by atoms with Crippen LogP contribution in [0.3, 0.4) is 0 Å². The van der Waals surface area contributed by atoms with Gasteiger partial charge in [-0.1, -0.05) is 36.0 Å². The van der Waals surface area contributed by atoms with E-state index in [1.807, 2.05) is 50.2 Å². The van der Waals surface area contributed by atoms with Crippen molar-refractivity contribution in [1.29, 1.82) is 0 Å². The van der Waals surface area contributed by atoms with Crippen molar-refractivity contribution in [1.82, 2.24) is 10.3 Å². The number of benzene rings is 2. The van der Waals surface area contributed by atoms with E-state index in [9.17, 15) is 9.59 Å². The van der Waals surface area contributed by atoms with Crippen LogP contribution < -0.4 is 14.8 Å². The summed E-state index contributed by atoms with van der Waals surface area (Å²) in [6.07, 6.45) is 0. The molecule has 0 saturated heterocycles. The van der Waals surface area contributed by atoms with Gasteiger partial charge >= 0.3 is 0 Å². The van der Waals surface area contributed by atoms with Gasteiger partial charge in [-0.15, -0.1) is 5.10 Å². The summed E-state index contributed by atoms with van der Waals surface area (Å²) in [5, 5.41) is 8.20. The number of carbonyl (C=O) groups is 2. The summed E-state index contributed by atoms with van der Waals surface area (Å²) >= 11 is 1.29. The number of amidine groups is 1. The Kier molecular flexibility index (Phi) is 6.99. The molecule has 0 bridgehead atoms. The number of nitrogens with zero attached hydrogens (tertiary/aromatic N) is 2. The van der Waals surface area contributed by atoms with E-state index in [2.05, 4.69) is 16.5 Å². The maximum absolute atomic E-state index is 12.1. The summed E-state index contributed by atoms with van der Waals surface area (Å²) in [7, 11) is 0. The summed E-state index contributed by atoms with van der Waals surface area (Å²) < 4.78 is 11.8. The van der Waals surface area contributed by atoms with Gasteiger partial charge in [0.2, 0.25) is 11.8 Å². The first-order valence-electron chi connectivity index (χ1n) is 9.59. The lowest BCUT2D eigenvalue weighted by Gasteiger charge is -2.22. The molecule has 0 aromatic heterocycles. The number of para-hydroxylation sites is 1. The molecule has 1 aliphatic heterocycles. The van der Waals surface area contributed by atoms with Crippen molar-refractivity contribution in [3.05, 3.63) is 59.2 Å². The second-order valence-electron chi connectivity index (χ2n) is 6.98. The molecule has 1 aliphatic rings. The standard InChI is InChI=1S/C22H25N3O4S/c1-14-11-15(2)13-18(12-14)28-9-10-29-20-8-6-5-7-19(20)21-25(17(4)27)24-22(30-21)23-16(3)26/h5-8,11-13,21H,9-10H2,1-4H3,(H,23,24,26)/t21-/m1/s1. The van der Waals surface area contributed by atoms with E-state index >= 15 is 0 Å². The Hall–Kier alpha value is -3.00. The zero-order valence-corrected chi connectivity index (χ0v) is 18.3. The molecule has 1 heterocycles. The van der Waals surface area contributed by atoms with Gasteiger partial charge in [-0.05, 0) is 43.2 Å². The van der Waals surface area contributed by atoms with Crippen LogP contribution >= 0.6 is 11.8 Å². The van der Waals surface area contributed by atoms with Crippen molar-refractivity contribution >= 4 is 28.7 Å². The minimum atomic E-state index is -0.416. The maximum atomic E-state index is 12.1. The number of hydrogen-bond acceptors (Lipinski definition) is 6. The number of rotatable bonds is 6. The minimum Gasteiger partial charge on any atom is -0.490 e. The monoisotopic (exact) mass is 427 g/mol. The van der Waals surface area contributed by atoms with Crippen molar-refractivity contribution < 1.29 is 19.1 Å². The molecule has 0 radical (unpaired) electrons. The lowest BCUT2D eigenvalue weighted by molar-refractivity contribution is -0.129. The first-order chi connectivity index (χ1) is 14.3. The SMILES string of the molecule is CC(=O)NC1=NN(C(C)=O)[C@@H](c2ccccc2OCCOc2cc(C)cc(C)c2)S1.